The van der Waals surface area contributed by atoms with Gasteiger partial charge >= 0.3 is 12.1 Å². The summed E-state index contributed by atoms with van der Waals surface area (Å²) in [5, 5.41) is 10.6. The predicted octanol–water partition coefficient (Wildman–Crippen LogP) is 2.57. The summed E-state index contributed by atoms with van der Waals surface area (Å²) in [5.74, 6) is -0.807. The second-order valence-corrected chi connectivity index (χ2v) is 5.47. The first kappa shape index (κ1) is 18.4. The lowest BCUT2D eigenvalue weighted by Crippen LogP contribution is -2.46. The highest BCUT2D eigenvalue weighted by Gasteiger charge is 2.35. The van der Waals surface area contributed by atoms with E-state index in [1.54, 1.807) is 0 Å². The Bertz CT molecular complexity index is 654. The van der Waals surface area contributed by atoms with Crippen LogP contribution in [0, 0.1) is 10.1 Å². The lowest BCUT2D eigenvalue weighted by molar-refractivity contribution is -0.384. The maximum Gasteiger partial charge on any atom is 0.421 e. The summed E-state index contributed by atoms with van der Waals surface area (Å²) in [4.78, 5) is 46.5. The van der Waals surface area contributed by atoms with E-state index in [-0.39, 0.29) is 36.8 Å². The number of nitro benzene ring substituents is 1. The van der Waals surface area contributed by atoms with Crippen molar-refractivity contribution in [3.05, 3.63) is 34.4 Å². The van der Waals surface area contributed by atoms with Crippen LogP contribution in [0.2, 0.25) is 0 Å². The molecule has 25 heavy (non-hydrogen) atoms. The highest BCUT2D eigenvalue weighted by Crippen LogP contribution is 2.25. The van der Waals surface area contributed by atoms with Crippen molar-refractivity contribution in [2.45, 2.75) is 38.7 Å². The maximum atomic E-state index is 12.2. The van der Waals surface area contributed by atoms with Gasteiger partial charge in [-0.1, -0.05) is 6.92 Å². The number of cyclic esters (lactones) is 1. The van der Waals surface area contributed by atoms with Gasteiger partial charge in [0.1, 0.15) is 6.10 Å². The van der Waals surface area contributed by atoms with Crippen LogP contribution < -0.4 is 4.90 Å². The van der Waals surface area contributed by atoms with Crippen molar-refractivity contribution in [2.24, 2.45) is 0 Å². The molecule has 134 valence electrons. The molecule has 1 unspecified atom stereocenters. The van der Waals surface area contributed by atoms with Crippen LogP contribution in [-0.2, 0) is 19.1 Å². The van der Waals surface area contributed by atoms with Gasteiger partial charge in [-0.25, -0.2) is 9.69 Å². The third-order valence-electron chi connectivity index (χ3n) is 3.58. The Labute approximate surface area is 143 Å². The van der Waals surface area contributed by atoms with Crippen molar-refractivity contribution in [3.8, 4) is 0 Å². The summed E-state index contributed by atoms with van der Waals surface area (Å²) in [6, 6.07) is 5.03. The van der Waals surface area contributed by atoms with E-state index >= 15 is 0 Å². The number of hydrogen-bond acceptors (Lipinski definition) is 7. The normalized spacial score (nSPS) is 17.2. The van der Waals surface area contributed by atoms with E-state index in [4.69, 9.17) is 9.47 Å². The highest BCUT2D eigenvalue weighted by atomic mass is 16.6. The van der Waals surface area contributed by atoms with Crippen molar-refractivity contribution in [2.75, 3.05) is 11.5 Å². The molecule has 1 aliphatic heterocycles. The molecule has 1 aromatic rings. The zero-order chi connectivity index (χ0) is 18.4. The van der Waals surface area contributed by atoms with Crippen LogP contribution in [-0.4, -0.2) is 35.6 Å². The van der Waals surface area contributed by atoms with Crippen LogP contribution >= 0.6 is 0 Å². The highest BCUT2D eigenvalue weighted by molar-refractivity contribution is 6.13. The van der Waals surface area contributed by atoms with Crippen LogP contribution in [0.3, 0.4) is 0 Å². The minimum atomic E-state index is -0.852. The summed E-state index contributed by atoms with van der Waals surface area (Å²) in [7, 11) is 0. The summed E-state index contributed by atoms with van der Waals surface area (Å²) < 4.78 is 10.2. The minimum Gasteiger partial charge on any atom is -0.466 e. The maximum absolute atomic E-state index is 12.2. The van der Waals surface area contributed by atoms with Gasteiger partial charge < -0.3 is 9.47 Å². The van der Waals surface area contributed by atoms with E-state index in [1.165, 1.54) is 24.3 Å². The molecule has 1 aliphatic rings. The molecule has 1 saturated heterocycles. The number of nitro groups is 1. The first-order valence-corrected chi connectivity index (χ1v) is 7.86. The van der Waals surface area contributed by atoms with Crippen LogP contribution in [0.1, 0.15) is 32.6 Å². The van der Waals surface area contributed by atoms with Crippen molar-refractivity contribution < 1.29 is 28.8 Å². The van der Waals surface area contributed by atoms with Gasteiger partial charge in [-0.15, -0.1) is 0 Å². The molecule has 1 fully saturated rings. The Morgan fingerprint density at radius 3 is 2.60 bits per heavy atom. The molecule has 1 heterocycles. The number of imide groups is 1. The molecule has 9 nitrogen and oxygen atoms in total. The van der Waals surface area contributed by atoms with E-state index in [1.807, 2.05) is 6.92 Å². The monoisotopic (exact) mass is 350 g/mol. The van der Waals surface area contributed by atoms with Crippen molar-refractivity contribution in [1.29, 1.82) is 0 Å². The summed E-state index contributed by atoms with van der Waals surface area (Å²) in [6.45, 7) is 1.93. The van der Waals surface area contributed by atoms with Gasteiger partial charge in [0, 0.05) is 25.0 Å². The number of non-ortho nitro benzene ring substituents is 1. The smallest absolute Gasteiger partial charge is 0.421 e. The average molecular weight is 350 g/mol. The number of ether oxygens (including phenoxy) is 2. The van der Waals surface area contributed by atoms with Gasteiger partial charge in [-0.3, -0.25) is 19.7 Å². The number of hydrogen-bond donors (Lipinski definition) is 0. The number of carbonyl (C=O) groups is 3. The fraction of sp³-hybridized carbons (Fsp3) is 0.438. The topological polar surface area (TPSA) is 116 Å². The predicted molar refractivity (Wildman–Crippen MR) is 86.0 cm³/mol. The third-order valence-corrected chi connectivity index (χ3v) is 3.58. The molecule has 2 amide bonds. The molecule has 2 rings (SSSR count). The molecule has 1 atom stereocenters. The largest absolute Gasteiger partial charge is 0.466 e. The van der Waals surface area contributed by atoms with E-state index in [9.17, 15) is 24.5 Å². The first-order chi connectivity index (χ1) is 11.9. The van der Waals surface area contributed by atoms with Crippen molar-refractivity contribution in [3.63, 3.8) is 0 Å². The van der Waals surface area contributed by atoms with Gasteiger partial charge in [0.05, 0.1) is 23.6 Å². The zero-order valence-corrected chi connectivity index (χ0v) is 13.7. The molecule has 0 spiro atoms. The van der Waals surface area contributed by atoms with Crippen LogP contribution in [0.5, 0.6) is 0 Å². The van der Waals surface area contributed by atoms with Gasteiger partial charge in [0.2, 0.25) is 5.91 Å². The average Bonchev–Trinajstić information content (AvgIpc) is 2.55. The molecule has 9 heteroatoms. The molecule has 0 aliphatic carbocycles. The standard InChI is InChI=1S/C16H18N2O7/c1-2-3-15(20)24-9-8-13-10-14(19)17(16(21)25-13)11-4-6-12(7-5-11)18(22)23/h4-7,13H,2-3,8-10H2,1H3. The van der Waals surface area contributed by atoms with Gasteiger partial charge in [0.25, 0.3) is 5.69 Å². The molecule has 0 aromatic heterocycles. The van der Waals surface area contributed by atoms with Crippen LogP contribution in [0.25, 0.3) is 0 Å². The molecule has 0 bridgehead atoms. The van der Waals surface area contributed by atoms with Crippen LogP contribution in [0.15, 0.2) is 24.3 Å². The Balaban J connectivity index is 1.93. The van der Waals surface area contributed by atoms with E-state index in [0.717, 1.165) is 4.90 Å². The number of carbonyl (C=O) groups excluding carboxylic acids is 3. The number of amides is 2. The van der Waals surface area contributed by atoms with Crippen LogP contribution in [0.4, 0.5) is 16.2 Å². The second kappa shape index (κ2) is 8.22. The lowest BCUT2D eigenvalue weighted by Gasteiger charge is -2.30. The summed E-state index contributed by atoms with van der Waals surface area (Å²) >= 11 is 0. The fourth-order valence-corrected chi connectivity index (χ4v) is 2.34. The third kappa shape index (κ3) is 4.75. The Hall–Kier alpha value is -2.97. The Kier molecular flexibility index (Phi) is 6.04. The molecule has 0 N–H and O–H groups in total. The summed E-state index contributed by atoms with van der Waals surface area (Å²) in [6.07, 6.45) is -0.328. The molecule has 1 aromatic carbocycles. The minimum absolute atomic E-state index is 0.0476. The van der Waals surface area contributed by atoms with Gasteiger partial charge in [-0.05, 0) is 18.6 Å². The van der Waals surface area contributed by atoms with E-state index in [2.05, 4.69) is 0 Å². The number of anilines is 1. The first-order valence-electron chi connectivity index (χ1n) is 7.86. The quantitative estimate of drug-likeness (QED) is 0.421. The Morgan fingerprint density at radius 2 is 2.04 bits per heavy atom. The van der Waals surface area contributed by atoms with Crippen molar-refractivity contribution >= 4 is 29.3 Å². The Morgan fingerprint density at radius 1 is 1.36 bits per heavy atom. The van der Waals surface area contributed by atoms with E-state index < -0.39 is 23.0 Å². The second-order valence-electron chi connectivity index (χ2n) is 5.47. The number of nitrogens with zero attached hydrogens (tertiary/aromatic N) is 2. The SMILES string of the molecule is CCCC(=O)OCCC1CC(=O)N(c2ccc([N+](=O)[O-])cc2)C(=O)O1. The molecule has 0 radical (unpaired) electrons. The number of esters is 1. The molecule has 0 saturated carbocycles. The molecular formula is C16H18N2O7. The molecular weight excluding hydrogens is 332 g/mol. The van der Waals surface area contributed by atoms with Gasteiger partial charge in [-0.2, -0.15) is 0 Å². The lowest BCUT2D eigenvalue weighted by atomic mass is 10.1. The number of rotatable bonds is 7. The van der Waals surface area contributed by atoms with E-state index in [0.29, 0.717) is 12.8 Å². The zero-order valence-electron chi connectivity index (χ0n) is 13.7. The summed E-state index contributed by atoms with van der Waals surface area (Å²) in [5.41, 5.74) is 0.0572. The van der Waals surface area contributed by atoms with Crippen molar-refractivity contribution in [1.82, 2.24) is 0 Å². The van der Waals surface area contributed by atoms with Gasteiger partial charge in [0.15, 0.2) is 0 Å². The fourth-order valence-electron chi connectivity index (χ4n) is 2.34. The number of benzene rings is 1.